The van der Waals surface area contributed by atoms with Crippen LogP contribution < -0.4 is 10.5 Å². The molecule has 0 amide bonds. The van der Waals surface area contributed by atoms with Gasteiger partial charge in [0.25, 0.3) is 0 Å². The first kappa shape index (κ1) is 13.5. The average Bonchev–Trinajstić information content (AvgIpc) is 2.89. The van der Waals surface area contributed by atoms with Gasteiger partial charge in [-0.15, -0.1) is 0 Å². The van der Waals surface area contributed by atoms with E-state index in [4.69, 9.17) is 14.9 Å². The smallest absolute Gasteiger partial charge is 0.119 e. The van der Waals surface area contributed by atoms with Crippen molar-refractivity contribution in [3.8, 4) is 5.75 Å². The van der Waals surface area contributed by atoms with Crippen LogP contribution in [0.1, 0.15) is 12.2 Å². The Kier molecular flexibility index (Phi) is 4.86. The molecule has 4 heteroatoms. The molecule has 4 nitrogen and oxygen atoms in total. The maximum atomic E-state index is 5.64. The Balaban J connectivity index is 1.62. The van der Waals surface area contributed by atoms with Crippen molar-refractivity contribution >= 4 is 5.69 Å². The van der Waals surface area contributed by atoms with E-state index in [0.29, 0.717) is 6.61 Å². The largest absolute Gasteiger partial charge is 0.494 e. The summed E-state index contributed by atoms with van der Waals surface area (Å²) >= 11 is 0. The molecule has 0 spiro atoms. The van der Waals surface area contributed by atoms with Crippen LogP contribution in [0.3, 0.4) is 0 Å². The first-order valence-corrected chi connectivity index (χ1v) is 6.43. The number of benzene rings is 1. The van der Waals surface area contributed by atoms with Gasteiger partial charge in [0.15, 0.2) is 0 Å². The van der Waals surface area contributed by atoms with Gasteiger partial charge in [-0.05, 0) is 49.9 Å². The van der Waals surface area contributed by atoms with Crippen molar-refractivity contribution in [2.75, 3.05) is 25.9 Å². The van der Waals surface area contributed by atoms with Crippen LogP contribution >= 0.6 is 0 Å². The highest BCUT2D eigenvalue weighted by Crippen LogP contribution is 2.13. The number of hydrogen-bond acceptors (Lipinski definition) is 4. The van der Waals surface area contributed by atoms with Gasteiger partial charge in [0.1, 0.15) is 11.5 Å². The molecule has 0 saturated heterocycles. The van der Waals surface area contributed by atoms with E-state index in [1.54, 1.807) is 6.26 Å². The van der Waals surface area contributed by atoms with Gasteiger partial charge in [0.05, 0.1) is 19.4 Å². The second-order valence-electron chi connectivity index (χ2n) is 4.59. The van der Waals surface area contributed by atoms with E-state index < -0.39 is 0 Å². The summed E-state index contributed by atoms with van der Waals surface area (Å²) in [6, 6.07) is 11.4. The molecule has 1 aromatic carbocycles. The third-order valence-corrected chi connectivity index (χ3v) is 2.84. The summed E-state index contributed by atoms with van der Waals surface area (Å²) in [5.74, 6) is 1.85. The lowest BCUT2D eigenvalue weighted by molar-refractivity contribution is 0.247. The number of nitrogens with zero attached hydrogens (tertiary/aromatic N) is 1. The predicted molar refractivity (Wildman–Crippen MR) is 76.0 cm³/mol. The third-order valence-electron chi connectivity index (χ3n) is 2.84. The number of furan rings is 1. The van der Waals surface area contributed by atoms with Crippen LogP contribution in [0.2, 0.25) is 0 Å². The Morgan fingerprint density at radius 3 is 2.68 bits per heavy atom. The topological polar surface area (TPSA) is 51.6 Å². The van der Waals surface area contributed by atoms with Crippen LogP contribution in [-0.4, -0.2) is 25.1 Å². The standard InChI is InChI=1S/C15H20N2O2/c1-17(12-15-4-2-10-19-15)9-3-11-18-14-7-5-13(16)6-8-14/h2,4-8,10H,3,9,11-12,16H2,1H3. The van der Waals surface area contributed by atoms with Crippen molar-refractivity contribution in [1.82, 2.24) is 4.90 Å². The zero-order valence-corrected chi connectivity index (χ0v) is 11.2. The highest BCUT2D eigenvalue weighted by molar-refractivity contribution is 5.41. The first-order chi connectivity index (χ1) is 9.24. The zero-order valence-electron chi connectivity index (χ0n) is 11.2. The van der Waals surface area contributed by atoms with Crippen LogP contribution in [-0.2, 0) is 6.54 Å². The van der Waals surface area contributed by atoms with Crippen LogP contribution in [0.25, 0.3) is 0 Å². The number of nitrogens with two attached hydrogens (primary N) is 1. The zero-order chi connectivity index (χ0) is 13.5. The molecule has 19 heavy (non-hydrogen) atoms. The van der Waals surface area contributed by atoms with Gasteiger partial charge in [0.2, 0.25) is 0 Å². The van der Waals surface area contributed by atoms with E-state index in [9.17, 15) is 0 Å². The minimum absolute atomic E-state index is 0.701. The highest BCUT2D eigenvalue weighted by Gasteiger charge is 2.02. The second-order valence-corrected chi connectivity index (χ2v) is 4.59. The molecule has 1 aromatic heterocycles. The molecule has 0 aliphatic carbocycles. The SMILES string of the molecule is CN(CCCOc1ccc(N)cc1)Cc1ccco1. The van der Waals surface area contributed by atoms with Crippen LogP contribution in [0.15, 0.2) is 47.1 Å². The van der Waals surface area contributed by atoms with Gasteiger partial charge in [-0.3, -0.25) is 4.90 Å². The van der Waals surface area contributed by atoms with E-state index in [1.165, 1.54) is 0 Å². The summed E-state index contributed by atoms with van der Waals surface area (Å²) in [6.45, 7) is 2.50. The molecule has 0 fully saturated rings. The molecular weight excluding hydrogens is 240 g/mol. The average molecular weight is 260 g/mol. The minimum Gasteiger partial charge on any atom is -0.494 e. The second kappa shape index (κ2) is 6.85. The summed E-state index contributed by atoms with van der Waals surface area (Å²) in [4.78, 5) is 2.21. The van der Waals surface area contributed by atoms with Gasteiger partial charge in [-0.2, -0.15) is 0 Å². The molecule has 0 atom stereocenters. The van der Waals surface area contributed by atoms with Gasteiger partial charge >= 0.3 is 0 Å². The van der Waals surface area contributed by atoms with Crippen molar-refractivity contribution in [2.45, 2.75) is 13.0 Å². The molecule has 0 saturated carbocycles. The van der Waals surface area contributed by atoms with Gasteiger partial charge in [0, 0.05) is 12.2 Å². The lowest BCUT2D eigenvalue weighted by Crippen LogP contribution is -2.20. The normalized spacial score (nSPS) is 10.8. The fraction of sp³-hybridized carbons (Fsp3) is 0.333. The highest BCUT2D eigenvalue weighted by atomic mass is 16.5. The van der Waals surface area contributed by atoms with E-state index in [-0.39, 0.29) is 0 Å². The Morgan fingerprint density at radius 1 is 1.21 bits per heavy atom. The Bertz CT molecular complexity index is 465. The lowest BCUT2D eigenvalue weighted by Gasteiger charge is -2.15. The molecular formula is C15H20N2O2. The summed E-state index contributed by atoms with van der Waals surface area (Å²) in [5, 5.41) is 0. The van der Waals surface area contributed by atoms with Crippen molar-refractivity contribution < 1.29 is 9.15 Å². The molecule has 0 unspecified atom stereocenters. The van der Waals surface area contributed by atoms with E-state index in [1.807, 2.05) is 36.4 Å². The minimum atomic E-state index is 0.701. The van der Waals surface area contributed by atoms with Gasteiger partial charge < -0.3 is 14.9 Å². The van der Waals surface area contributed by atoms with Crippen LogP contribution in [0.5, 0.6) is 5.75 Å². The molecule has 0 radical (unpaired) electrons. The predicted octanol–water partition coefficient (Wildman–Crippen LogP) is 2.76. The van der Waals surface area contributed by atoms with Crippen LogP contribution in [0.4, 0.5) is 5.69 Å². The Morgan fingerprint density at radius 2 is 2.00 bits per heavy atom. The van der Waals surface area contributed by atoms with E-state index >= 15 is 0 Å². The molecule has 0 bridgehead atoms. The van der Waals surface area contributed by atoms with E-state index in [2.05, 4.69) is 11.9 Å². The number of ether oxygens (including phenoxy) is 1. The molecule has 0 aliphatic heterocycles. The fourth-order valence-corrected chi connectivity index (χ4v) is 1.84. The molecule has 1 heterocycles. The molecule has 2 N–H and O–H groups in total. The van der Waals surface area contributed by atoms with Gasteiger partial charge in [-0.25, -0.2) is 0 Å². The maximum Gasteiger partial charge on any atom is 0.119 e. The van der Waals surface area contributed by atoms with Crippen molar-refractivity contribution in [2.24, 2.45) is 0 Å². The molecule has 0 aliphatic rings. The van der Waals surface area contributed by atoms with Crippen molar-refractivity contribution in [3.63, 3.8) is 0 Å². The number of nitrogen functional groups attached to an aromatic ring is 1. The summed E-state index contributed by atoms with van der Waals surface area (Å²) in [7, 11) is 2.08. The lowest BCUT2D eigenvalue weighted by atomic mass is 10.3. The summed E-state index contributed by atoms with van der Waals surface area (Å²) in [5.41, 5.74) is 6.37. The van der Waals surface area contributed by atoms with E-state index in [0.717, 1.165) is 36.7 Å². The molecule has 2 aromatic rings. The monoisotopic (exact) mass is 260 g/mol. The van der Waals surface area contributed by atoms with Crippen molar-refractivity contribution in [1.29, 1.82) is 0 Å². The molecule has 102 valence electrons. The fourth-order valence-electron chi connectivity index (χ4n) is 1.84. The first-order valence-electron chi connectivity index (χ1n) is 6.43. The van der Waals surface area contributed by atoms with Crippen molar-refractivity contribution in [3.05, 3.63) is 48.4 Å². The number of anilines is 1. The molecule has 2 rings (SSSR count). The summed E-state index contributed by atoms with van der Waals surface area (Å²) < 4.78 is 10.9. The number of rotatable bonds is 7. The Labute approximate surface area is 113 Å². The van der Waals surface area contributed by atoms with Gasteiger partial charge in [-0.1, -0.05) is 0 Å². The maximum absolute atomic E-state index is 5.64. The number of hydrogen-bond donors (Lipinski definition) is 1. The Hall–Kier alpha value is -1.94. The quantitative estimate of drug-likeness (QED) is 0.614. The van der Waals surface area contributed by atoms with Crippen LogP contribution in [0, 0.1) is 0 Å². The summed E-state index contributed by atoms with van der Waals surface area (Å²) in [6.07, 6.45) is 2.68. The third kappa shape index (κ3) is 4.67.